The van der Waals surface area contributed by atoms with Gasteiger partial charge < -0.3 is 10.1 Å². The van der Waals surface area contributed by atoms with E-state index in [1.165, 1.54) is 18.9 Å². The van der Waals surface area contributed by atoms with Gasteiger partial charge in [-0.1, -0.05) is 17.7 Å². The Hall–Kier alpha value is -0.640. The average Bonchev–Trinajstić information content (AvgIpc) is 3.13. The maximum Gasteiger partial charge on any atom is 0.142 e. The zero-order chi connectivity index (χ0) is 13.4. The Morgan fingerprint density at radius 3 is 2.84 bits per heavy atom. The predicted molar refractivity (Wildman–Crippen MR) is 73.8 cm³/mol. The van der Waals surface area contributed by atoms with Crippen LogP contribution in [0.15, 0.2) is 18.2 Å². The molecule has 104 valence electrons. The quantitative estimate of drug-likeness (QED) is 0.910. The van der Waals surface area contributed by atoms with Gasteiger partial charge in [0, 0.05) is 18.7 Å². The summed E-state index contributed by atoms with van der Waals surface area (Å²) in [5.74, 6) is 0.378. The van der Waals surface area contributed by atoms with Gasteiger partial charge in [0.2, 0.25) is 0 Å². The number of ether oxygens (including phenoxy) is 1. The third kappa shape index (κ3) is 2.93. The van der Waals surface area contributed by atoms with E-state index < -0.39 is 0 Å². The van der Waals surface area contributed by atoms with Gasteiger partial charge >= 0.3 is 0 Å². The Morgan fingerprint density at radius 2 is 2.16 bits per heavy atom. The van der Waals surface area contributed by atoms with Crippen LogP contribution in [-0.2, 0) is 4.74 Å². The highest BCUT2D eigenvalue weighted by Crippen LogP contribution is 2.39. The van der Waals surface area contributed by atoms with E-state index in [1.54, 1.807) is 6.07 Å². The van der Waals surface area contributed by atoms with E-state index in [1.807, 2.05) is 6.07 Å². The molecule has 3 atom stereocenters. The Labute approximate surface area is 118 Å². The molecule has 1 heterocycles. The zero-order valence-electron chi connectivity index (χ0n) is 11.0. The highest BCUT2D eigenvalue weighted by molar-refractivity contribution is 6.30. The van der Waals surface area contributed by atoms with Gasteiger partial charge in [-0.15, -0.1) is 0 Å². The van der Waals surface area contributed by atoms with Crippen LogP contribution in [0, 0.1) is 11.7 Å². The molecule has 0 aromatic heterocycles. The highest BCUT2D eigenvalue weighted by Gasteiger charge is 2.40. The molecule has 2 fully saturated rings. The largest absolute Gasteiger partial charge is 0.376 e. The summed E-state index contributed by atoms with van der Waals surface area (Å²) in [6, 6.07) is 5.52. The number of rotatable bonds is 4. The van der Waals surface area contributed by atoms with Crippen LogP contribution in [0.4, 0.5) is 4.39 Å². The third-order valence-corrected chi connectivity index (χ3v) is 4.44. The first-order valence-corrected chi connectivity index (χ1v) is 7.35. The van der Waals surface area contributed by atoms with Crippen LogP contribution in [0.5, 0.6) is 0 Å². The molecule has 1 N–H and O–H groups in total. The smallest absolute Gasteiger partial charge is 0.142 e. The van der Waals surface area contributed by atoms with E-state index >= 15 is 0 Å². The minimum atomic E-state index is -0.353. The van der Waals surface area contributed by atoms with Crippen LogP contribution in [0.3, 0.4) is 0 Å². The molecule has 0 bridgehead atoms. The van der Waals surface area contributed by atoms with Gasteiger partial charge in [0.15, 0.2) is 0 Å². The second-order valence-electron chi connectivity index (χ2n) is 5.63. The van der Waals surface area contributed by atoms with Crippen LogP contribution in [0.2, 0.25) is 5.02 Å². The van der Waals surface area contributed by atoms with Crippen LogP contribution in [-0.4, -0.2) is 18.8 Å². The lowest BCUT2D eigenvalue weighted by Gasteiger charge is -2.24. The van der Waals surface area contributed by atoms with E-state index in [9.17, 15) is 4.39 Å². The molecule has 0 amide bonds. The molecule has 2 aliphatic rings. The van der Waals surface area contributed by atoms with Gasteiger partial charge in [-0.25, -0.2) is 4.39 Å². The van der Waals surface area contributed by atoms with Crippen molar-refractivity contribution >= 4 is 11.6 Å². The van der Waals surface area contributed by atoms with Gasteiger partial charge in [-0.2, -0.15) is 0 Å². The molecule has 3 unspecified atom stereocenters. The molecule has 3 rings (SSSR count). The lowest BCUT2D eigenvalue weighted by Crippen LogP contribution is -2.39. The normalized spacial score (nSPS) is 28.6. The van der Waals surface area contributed by atoms with Crippen molar-refractivity contribution in [2.24, 2.45) is 5.92 Å². The van der Waals surface area contributed by atoms with Crippen molar-refractivity contribution in [1.29, 1.82) is 0 Å². The van der Waals surface area contributed by atoms with Gasteiger partial charge in [-0.3, -0.25) is 0 Å². The van der Waals surface area contributed by atoms with E-state index in [4.69, 9.17) is 16.3 Å². The summed E-state index contributed by atoms with van der Waals surface area (Å²) < 4.78 is 19.3. The van der Waals surface area contributed by atoms with E-state index in [2.05, 4.69) is 12.2 Å². The number of halogens is 2. The summed E-state index contributed by atoms with van der Waals surface area (Å²) in [7, 11) is 0. The van der Waals surface area contributed by atoms with E-state index in [-0.39, 0.29) is 16.9 Å². The third-order valence-electron chi connectivity index (χ3n) is 4.13. The van der Waals surface area contributed by atoms with Crippen LogP contribution < -0.4 is 5.32 Å². The summed E-state index contributed by atoms with van der Waals surface area (Å²) in [5.41, 5.74) is 0.934. The lowest BCUT2D eigenvalue weighted by atomic mass is 10.0. The Balaban J connectivity index is 1.66. The highest BCUT2D eigenvalue weighted by atomic mass is 35.5. The molecule has 0 radical (unpaired) electrons. The summed E-state index contributed by atoms with van der Waals surface area (Å²) in [6.07, 6.45) is 3.96. The summed E-state index contributed by atoms with van der Waals surface area (Å²) in [4.78, 5) is 0. The molecular weight excluding hydrogens is 265 g/mol. The fourth-order valence-corrected chi connectivity index (χ4v) is 3.00. The van der Waals surface area contributed by atoms with Crippen molar-refractivity contribution < 1.29 is 9.13 Å². The Morgan fingerprint density at radius 1 is 1.37 bits per heavy atom. The zero-order valence-corrected chi connectivity index (χ0v) is 11.8. The number of nitrogens with one attached hydrogen (secondary N) is 1. The molecule has 1 aliphatic heterocycles. The summed E-state index contributed by atoms with van der Waals surface area (Å²) >= 11 is 5.71. The number of hydrogen-bond donors (Lipinski definition) is 1. The van der Waals surface area contributed by atoms with Crippen molar-refractivity contribution in [1.82, 2.24) is 5.32 Å². The number of hydrogen-bond acceptors (Lipinski definition) is 2. The standard InChI is InChI=1S/C15H19ClFNO/c1-9(11-4-5-12(16)13(17)8-11)18-14-6-7-19-15(14)10-2-3-10/h4-5,8-10,14-15,18H,2-3,6-7H2,1H3. The molecule has 1 aromatic carbocycles. The molecule has 4 heteroatoms. The van der Waals surface area contributed by atoms with Gasteiger partial charge in [0.05, 0.1) is 11.1 Å². The topological polar surface area (TPSA) is 21.3 Å². The minimum Gasteiger partial charge on any atom is -0.376 e. The SMILES string of the molecule is CC(NC1CCOC1C1CC1)c1ccc(Cl)c(F)c1. The molecule has 1 saturated carbocycles. The second kappa shape index (κ2) is 5.39. The van der Waals surface area contributed by atoms with Crippen molar-refractivity contribution in [2.45, 2.75) is 44.4 Å². The maximum atomic E-state index is 13.5. The maximum absolute atomic E-state index is 13.5. The van der Waals surface area contributed by atoms with Crippen molar-refractivity contribution in [2.75, 3.05) is 6.61 Å². The van der Waals surface area contributed by atoms with Crippen LogP contribution >= 0.6 is 11.6 Å². The first-order valence-electron chi connectivity index (χ1n) is 6.98. The molecular formula is C15H19ClFNO. The average molecular weight is 284 g/mol. The fourth-order valence-electron chi connectivity index (χ4n) is 2.88. The predicted octanol–water partition coefficient (Wildman–Crippen LogP) is 3.70. The fraction of sp³-hybridized carbons (Fsp3) is 0.600. The molecule has 0 spiro atoms. The molecule has 1 saturated heterocycles. The Bertz CT molecular complexity index is 463. The minimum absolute atomic E-state index is 0.111. The Kier molecular flexibility index (Phi) is 3.79. The second-order valence-corrected chi connectivity index (χ2v) is 6.04. The summed E-state index contributed by atoms with van der Waals surface area (Å²) in [5, 5.41) is 3.76. The van der Waals surface area contributed by atoms with Crippen LogP contribution in [0.1, 0.15) is 37.8 Å². The van der Waals surface area contributed by atoms with E-state index in [0.29, 0.717) is 12.1 Å². The lowest BCUT2D eigenvalue weighted by molar-refractivity contribution is 0.0793. The van der Waals surface area contributed by atoms with Crippen molar-refractivity contribution in [3.05, 3.63) is 34.6 Å². The van der Waals surface area contributed by atoms with Gasteiger partial charge in [-0.05, 0) is 49.8 Å². The molecule has 1 aliphatic carbocycles. The first kappa shape index (κ1) is 13.3. The molecule has 1 aromatic rings. The molecule has 19 heavy (non-hydrogen) atoms. The number of benzene rings is 1. The van der Waals surface area contributed by atoms with Gasteiger partial charge in [0.1, 0.15) is 5.82 Å². The molecule has 2 nitrogen and oxygen atoms in total. The van der Waals surface area contributed by atoms with Crippen LogP contribution in [0.25, 0.3) is 0 Å². The van der Waals surface area contributed by atoms with Crippen molar-refractivity contribution in [3.8, 4) is 0 Å². The monoisotopic (exact) mass is 283 g/mol. The van der Waals surface area contributed by atoms with Gasteiger partial charge in [0.25, 0.3) is 0 Å². The van der Waals surface area contributed by atoms with E-state index in [0.717, 1.165) is 24.5 Å². The van der Waals surface area contributed by atoms with Crippen molar-refractivity contribution in [3.63, 3.8) is 0 Å². The first-order chi connectivity index (χ1) is 9.15. The summed E-state index contributed by atoms with van der Waals surface area (Å²) in [6.45, 7) is 2.89.